The fourth-order valence-electron chi connectivity index (χ4n) is 2.29. The average Bonchev–Trinajstić information content (AvgIpc) is 2.84. The number of carbonyl (C=O) groups excluding carboxylic acids is 1. The maximum atomic E-state index is 12.0. The van der Waals surface area contributed by atoms with Crippen LogP contribution in [-0.2, 0) is 11.3 Å². The number of aliphatic carboxylic acids is 1. The predicted molar refractivity (Wildman–Crippen MR) is 68.5 cm³/mol. The molecule has 0 spiro atoms. The summed E-state index contributed by atoms with van der Waals surface area (Å²) in [5, 5.41) is 11.6. The number of likely N-dealkylation sites (tertiary alicyclic amines) is 1. The van der Waals surface area contributed by atoms with Gasteiger partial charge in [0.1, 0.15) is 0 Å². The third-order valence-electron chi connectivity index (χ3n) is 3.20. The fourth-order valence-corrected chi connectivity index (χ4v) is 2.29. The lowest BCUT2D eigenvalue weighted by atomic mass is 10.1. The lowest BCUT2D eigenvalue weighted by molar-refractivity contribution is -0.137. The van der Waals surface area contributed by atoms with E-state index in [1.165, 1.54) is 0 Å². The first-order valence-corrected chi connectivity index (χ1v) is 6.33. The second-order valence-electron chi connectivity index (χ2n) is 4.57. The molecule has 1 atom stereocenters. The molecule has 2 heterocycles. The van der Waals surface area contributed by atoms with E-state index in [2.05, 4.69) is 10.3 Å². The minimum Gasteiger partial charge on any atom is -0.481 e. The standard InChI is InChI=1S/C13H17N3O3/c17-12(18)8-11-5-3-7-16(11)13(19)15-9-10-4-1-2-6-14-10/h1-2,4,6,11H,3,5,7-9H2,(H,15,19)(H,17,18). The van der Waals surface area contributed by atoms with Gasteiger partial charge >= 0.3 is 12.0 Å². The van der Waals surface area contributed by atoms with Crippen molar-refractivity contribution in [3.63, 3.8) is 0 Å². The van der Waals surface area contributed by atoms with Crippen molar-refractivity contribution in [2.75, 3.05) is 6.54 Å². The Labute approximate surface area is 111 Å². The van der Waals surface area contributed by atoms with E-state index in [-0.39, 0.29) is 18.5 Å². The normalized spacial score (nSPS) is 18.3. The number of nitrogens with zero attached hydrogens (tertiary/aromatic N) is 2. The van der Waals surface area contributed by atoms with Gasteiger partial charge in [-0.15, -0.1) is 0 Å². The van der Waals surface area contributed by atoms with Crippen molar-refractivity contribution in [2.45, 2.75) is 31.8 Å². The highest BCUT2D eigenvalue weighted by atomic mass is 16.4. The highest BCUT2D eigenvalue weighted by molar-refractivity contribution is 5.76. The summed E-state index contributed by atoms with van der Waals surface area (Å²) in [6.07, 6.45) is 3.29. The molecular formula is C13H17N3O3. The average molecular weight is 263 g/mol. The van der Waals surface area contributed by atoms with E-state index in [0.29, 0.717) is 13.1 Å². The minimum atomic E-state index is -0.866. The van der Waals surface area contributed by atoms with Crippen LogP contribution in [0.2, 0.25) is 0 Å². The number of carbonyl (C=O) groups is 2. The molecule has 1 aromatic heterocycles. The van der Waals surface area contributed by atoms with E-state index >= 15 is 0 Å². The first kappa shape index (κ1) is 13.3. The first-order chi connectivity index (χ1) is 9.16. The van der Waals surface area contributed by atoms with E-state index in [0.717, 1.165) is 18.5 Å². The molecule has 2 N–H and O–H groups in total. The van der Waals surface area contributed by atoms with Crippen molar-refractivity contribution in [1.82, 2.24) is 15.2 Å². The van der Waals surface area contributed by atoms with E-state index < -0.39 is 5.97 Å². The summed E-state index contributed by atoms with van der Waals surface area (Å²) in [6, 6.07) is 5.10. The van der Waals surface area contributed by atoms with Crippen LogP contribution in [0.4, 0.5) is 4.79 Å². The van der Waals surface area contributed by atoms with E-state index in [1.54, 1.807) is 11.1 Å². The molecule has 6 nitrogen and oxygen atoms in total. The molecule has 1 aliphatic heterocycles. The number of hydrogen-bond acceptors (Lipinski definition) is 3. The maximum absolute atomic E-state index is 12.0. The van der Waals surface area contributed by atoms with Crippen molar-refractivity contribution in [3.05, 3.63) is 30.1 Å². The van der Waals surface area contributed by atoms with E-state index in [4.69, 9.17) is 5.11 Å². The molecule has 0 bridgehead atoms. The van der Waals surface area contributed by atoms with Gasteiger partial charge < -0.3 is 15.3 Å². The van der Waals surface area contributed by atoms with Gasteiger partial charge in [-0.25, -0.2) is 4.79 Å². The topological polar surface area (TPSA) is 82.5 Å². The number of carboxylic acid groups (broad SMARTS) is 1. The van der Waals surface area contributed by atoms with Gasteiger partial charge in [-0.3, -0.25) is 9.78 Å². The highest BCUT2D eigenvalue weighted by Crippen LogP contribution is 2.20. The van der Waals surface area contributed by atoms with Gasteiger partial charge in [-0.05, 0) is 25.0 Å². The zero-order valence-corrected chi connectivity index (χ0v) is 10.6. The molecule has 0 aromatic carbocycles. The molecule has 1 unspecified atom stereocenters. The molecule has 0 saturated carbocycles. The van der Waals surface area contributed by atoms with Crippen molar-refractivity contribution >= 4 is 12.0 Å². The zero-order chi connectivity index (χ0) is 13.7. The fraction of sp³-hybridized carbons (Fsp3) is 0.462. The number of carboxylic acids is 1. The van der Waals surface area contributed by atoms with Crippen molar-refractivity contribution < 1.29 is 14.7 Å². The molecule has 1 aromatic rings. The predicted octanol–water partition coefficient (Wildman–Crippen LogP) is 1.23. The number of nitrogens with one attached hydrogen (secondary N) is 1. The van der Waals surface area contributed by atoms with Crippen LogP contribution in [0.25, 0.3) is 0 Å². The van der Waals surface area contributed by atoms with Crippen molar-refractivity contribution in [2.24, 2.45) is 0 Å². The third-order valence-corrected chi connectivity index (χ3v) is 3.20. The Kier molecular flexibility index (Phi) is 4.33. The second kappa shape index (κ2) is 6.17. The third kappa shape index (κ3) is 3.67. The lowest BCUT2D eigenvalue weighted by Crippen LogP contribution is -2.43. The molecule has 1 saturated heterocycles. The minimum absolute atomic E-state index is 0.0109. The monoisotopic (exact) mass is 263 g/mol. The van der Waals surface area contributed by atoms with Gasteiger partial charge in [0.05, 0.1) is 18.7 Å². The molecule has 0 aliphatic carbocycles. The molecule has 19 heavy (non-hydrogen) atoms. The molecular weight excluding hydrogens is 246 g/mol. The van der Waals surface area contributed by atoms with Crippen LogP contribution in [-0.4, -0.2) is 39.6 Å². The van der Waals surface area contributed by atoms with E-state index in [1.807, 2.05) is 18.2 Å². The number of amides is 2. The Balaban J connectivity index is 1.87. The van der Waals surface area contributed by atoms with Gasteiger partial charge in [0.2, 0.25) is 0 Å². The Morgan fingerprint density at radius 1 is 1.47 bits per heavy atom. The van der Waals surface area contributed by atoms with Gasteiger partial charge in [0.15, 0.2) is 0 Å². The number of aromatic nitrogens is 1. The summed E-state index contributed by atoms with van der Waals surface area (Å²) in [5.41, 5.74) is 0.782. The quantitative estimate of drug-likeness (QED) is 0.856. The van der Waals surface area contributed by atoms with Gasteiger partial charge in [-0.2, -0.15) is 0 Å². The van der Waals surface area contributed by atoms with Crippen LogP contribution in [0.15, 0.2) is 24.4 Å². The number of hydrogen-bond donors (Lipinski definition) is 2. The summed E-state index contributed by atoms with van der Waals surface area (Å²) in [6.45, 7) is 0.974. The van der Waals surface area contributed by atoms with E-state index in [9.17, 15) is 9.59 Å². The first-order valence-electron chi connectivity index (χ1n) is 6.33. The molecule has 1 fully saturated rings. The van der Waals surface area contributed by atoms with Gasteiger partial charge in [-0.1, -0.05) is 6.07 Å². The molecule has 102 valence electrons. The molecule has 6 heteroatoms. The molecule has 2 amide bonds. The second-order valence-corrected chi connectivity index (χ2v) is 4.57. The largest absolute Gasteiger partial charge is 0.481 e. The number of pyridine rings is 1. The van der Waals surface area contributed by atoms with Crippen LogP contribution in [0, 0.1) is 0 Å². The molecule has 0 radical (unpaired) electrons. The summed E-state index contributed by atoms with van der Waals surface area (Å²) < 4.78 is 0. The smallest absolute Gasteiger partial charge is 0.317 e. The Bertz CT molecular complexity index is 450. The lowest BCUT2D eigenvalue weighted by Gasteiger charge is -2.23. The zero-order valence-electron chi connectivity index (χ0n) is 10.6. The van der Waals surface area contributed by atoms with Crippen LogP contribution in [0.1, 0.15) is 25.0 Å². The van der Waals surface area contributed by atoms with Crippen molar-refractivity contribution in [3.8, 4) is 0 Å². The van der Waals surface area contributed by atoms with Crippen LogP contribution in [0.5, 0.6) is 0 Å². The molecule has 2 rings (SSSR count). The van der Waals surface area contributed by atoms with Gasteiger partial charge in [0, 0.05) is 18.8 Å². The molecule has 1 aliphatic rings. The number of urea groups is 1. The van der Waals surface area contributed by atoms with Crippen LogP contribution in [0.3, 0.4) is 0 Å². The van der Waals surface area contributed by atoms with Crippen molar-refractivity contribution in [1.29, 1.82) is 0 Å². The summed E-state index contributed by atoms with van der Waals surface area (Å²) in [7, 11) is 0. The summed E-state index contributed by atoms with van der Waals surface area (Å²) >= 11 is 0. The van der Waals surface area contributed by atoms with Gasteiger partial charge in [0.25, 0.3) is 0 Å². The van der Waals surface area contributed by atoms with Crippen LogP contribution < -0.4 is 5.32 Å². The Hall–Kier alpha value is -2.11. The summed E-state index contributed by atoms with van der Waals surface area (Å²) in [4.78, 5) is 28.5. The highest BCUT2D eigenvalue weighted by Gasteiger charge is 2.30. The SMILES string of the molecule is O=C(O)CC1CCCN1C(=O)NCc1ccccn1. The van der Waals surface area contributed by atoms with Crippen LogP contribution >= 0.6 is 0 Å². The summed E-state index contributed by atoms with van der Waals surface area (Å²) in [5.74, 6) is -0.866. The maximum Gasteiger partial charge on any atom is 0.317 e. The Morgan fingerprint density at radius 2 is 2.32 bits per heavy atom. The Morgan fingerprint density at radius 3 is 3.00 bits per heavy atom. The number of rotatable bonds is 4.